The van der Waals surface area contributed by atoms with Crippen LogP contribution in [-0.4, -0.2) is 34.1 Å². The van der Waals surface area contributed by atoms with Gasteiger partial charge in [0.15, 0.2) is 0 Å². The largest absolute Gasteiger partial charge is 0.390 e. The molecule has 0 aromatic heterocycles. The van der Waals surface area contributed by atoms with Gasteiger partial charge in [0.2, 0.25) is 5.91 Å². The number of carbonyl (C=O) groups is 1. The van der Waals surface area contributed by atoms with Gasteiger partial charge in [0, 0.05) is 23.9 Å². The van der Waals surface area contributed by atoms with E-state index in [9.17, 15) is 9.90 Å². The maximum Gasteiger partial charge on any atom is 0.225 e. The molecule has 1 aromatic rings. The van der Waals surface area contributed by atoms with Gasteiger partial charge in [-0.05, 0) is 68.4 Å². The third-order valence-corrected chi connectivity index (χ3v) is 8.81. The maximum absolute atomic E-state index is 13.7. The van der Waals surface area contributed by atoms with Crippen LogP contribution < -0.4 is 0 Å². The highest BCUT2D eigenvalue weighted by Gasteiger charge is 2.57. The predicted molar refractivity (Wildman–Crippen MR) is 113 cm³/mol. The molecule has 154 valence electrons. The van der Waals surface area contributed by atoms with Crippen LogP contribution in [0.3, 0.4) is 0 Å². The standard InChI is InChI=1S/C25H37NO2/c1-23(2)21-16-17-9-6-7-12-20(17)25(23,5)13-14-26(21)22(27)18-10-8-11-19(15-18)24(3,4)28/h6-7,9,12,18-19,21,28H,8,10-11,13-16H2,1-5H3/t18?,19?,21-,25+/m1/s1. The minimum Gasteiger partial charge on any atom is -0.390 e. The van der Waals surface area contributed by atoms with Gasteiger partial charge in [-0.3, -0.25) is 4.79 Å². The summed E-state index contributed by atoms with van der Waals surface area (Å²) >= 11 is 0. The molecule has 4 rings (SSSR count). The zero-order valence-corrected chi connectivity index (χ0v) is 18.3. The topological polar surface area (TPSA) is 40.5 Å². The number of likely N-dealkylation sites (tertiary alicyclic amines) is 1. The number of nitrogens with zero attached hydrogens (tertiary/aromatic N) is 1. The quantitative estimate of drug-likeness (QED) is 0.804. The molecule has 2 unspecified atom stereocenters. The smallest absolute Gasteiger partial charge is 0.225 e. The van der Waals surface area contributed by atoms with Crippen LogP contribution in [0.15, 0.2) is 24.3 Å². The molecule has 2 aliphatic carbocycles. The minimum absolute atomic E-state index is 0.0551. The summed E-state index contributed by atoms with van der Waals surface area (Å²) in [6.07, 6.45) is 5.89. The molecule has 1 N–H and O–H groups in total. The third-order valence-electron chi connectivity index (χ3n) is 8.81. The lowest BCUT2D eigenvalue weighted by Gasteiger charge is -2.61. The Morgan fingerprint density at radius 3 is 2.61 bits per heavy atom. The molecule has 0 spiro atoms. The third kappa shape index (κ3) is 2.93. The van der Waals surface area contributed by atoms with Crippen LogP contribution in [-0.2, 0) is 16.6 Å². The van der Waals surface area contributed by atoms with Crippen molar-refractivity contribution < 1.29 is 9.90 Å². The van der Waals surface area contributed by atoms with Crippen LogP contribution in [0.25, 0.3) is 0 Å². The summed E-state index contributed by atoms with van der Waals surface area (Å²) in [5.74, 6) is 0.640. The van der Waals surface area contributed by atoms with Gasteiger partial charge in [-0.2, -0.15) is 0 Å². The lowest BCUT2D eigenvalue weighted by atomic mass is 9.51. The van der Waals surface area contributed by atoms with Crippen molar-refractivity contribution >= 4 is 5.91 Å². The maximum atomic E-state index is 13.7. The normalized spacial score (nSPS) is 34.6. The first kappa shape index (κ1) is 19.9. The molecule has 3 heteroatoms. The number of aliphatic hydroxyl groups is 1. The van der Waals surface area contributed by atoms with Crippen LogP contribution in [0.4, 0.5) is 0 Å². The molecular formula is C25H37NO2. The molecule has 28 heavy (non-hydrogen) atoms. The van der Waals surface area contributed by atoms with Crippen LogP contribution in [0.5, 0.6) is 0 Å². The lowest BCUT2D eigenvalue weighted by molar-refractivity contribution is -0.151. The van der Waals surface area contributed by atoms with Gasteiger partial charge in [0.1, 0.15) is 0 Å². The predicted octanol–water partition coefficient (Wildman–Crippen LogP) is 4.70. The second-order valence-corrected chi connectivity index (χ2v) is 10.9. The Morgan fingerprint density at radius 1 is 1.18 bits per heavy atom. The van der Waals surface area contributed by atoms with Crippen molar-refractivity contribution in [3.63, 3.8) is 0 Å². The lowest BCUT2D eigenvalue weighted by Crippen LogP contribution is -2.65. The Bertz CT molecular complexity index is 762. The van der Waals surface area contributed by atoms with Crippen LogP contribution >= 0.6 is 0 Å². The van der Waals surface area contributed by atoms with Crippen molar-refractivity contribution in [1.29, 1.82) is 0 Å². The van der Waals surface area contributed by atoms with E-state index < -0.39 is 5.60 Å². The van der Waals surface area contributed by atoms with Gasteiger partial charge in [-0.1, -0.05) is 51.5 Å². The summed E-state index contributed by atoms with van der Waals surface area (Å²) in [6.45, 7) is 11.8. The first-order chi connectivity index (χ1) is 13.1. The number of benzene rings is 1. The first-order valence-corrected chi connectivity index (χ1v) is 11.2. The van der Waals surface area contributed by atoms with Crippen molar-refractivity contribution in [2.45, 2.75) is 90.2 Å². The summed E-state index contributed by atoms with van der Waals surface area (Å²) in [5, 5.41) is 10.5. The summed E-state index contributed by atoms with van der Waals surface area (Å²) < 4.78 is 0. The molecule has 2 fully saturated rings. The van der Waals surface area contributed by atoms with Gasteiger partial charge in [-0.15, -0.1) is 0 Å². The van der Waals surface area contributed by atoms with Crippen molar-refractivity contribution in [3.8, 4) is 0 Å². The molecule has 1 aromatic carbocycles. The summed E-state index contributed by atoms with van der Waals surface area (Å²) in [6, 6.07) is 9.12. The Hall–Kier alpha value is -1.35. The van der Waals surface area contributed by atoms with Gasteiger partial charge in [0.05, 0.1) is 5.60 Å². The van der Waals surface area contributed by atoms with E-state index in [1.165, 1.54) is 11.1 Å². The van der Waals surface area contributed by atoms with Gasteiger partial charge in [-0.25, -0.2) is 0 Å². The number of carbonyl (C=O) groups excluding carboxylic acids is 1. The fourth-order valence-electron chi connectivity index (χ4n) is 6.43. The molecule has 3 nitrogen and oxygen atoms in total. The summed E-state index contributed by atoms with van der Waals surface area (Å²) in [5.41, 5.74) is 2.39. The number of amides is 1. The molecule has 0 radical (unpaired) electrons. The average molecular weight is 384 g/mol. The SMILES string of the molecule is CC(C)(O)C1CCCC(C(=O)N2CC[C@@]3(C)c4ccccc4C[C@@H]2C3(C)C)C1. The second-order valence-electron chi connectivity index (χ2n) is 10.9. The molecule has 1 saturated carbocycles. The molecule has 1 saturated heterocycles. The highest BCUT2D eigenvalue weighted by Crippen LogP contribution is 2.56. The molecule has 2 bridgehead atoms. The highest BCUT2D eigenvalue weighted by molar-refractivity contribution is 5.80. The van der Waals surface area contributed by atoms with Gasteiger partial charge >= 0.3 is 0 Å². The average Bonchev–Trinajstić information content (AvgIpc) is 2.64. The number of fused-ring (bicyclic) bond motifs is 4. The van der Waals surface area contributed by atoms with E-state index in [1.807, 2.05) is 13.8 Å². The molecule has 3 aliphatic rings. The van der Waals surface area contributed by atoms with E-state index in [2.05, 4.69) is 49.9 Å². The zero-order valence-electron chi connectivity index (χ0n) is 18.3. The van der Waals surface area contributed by atoms with Crippen molar-refractivity contribution in [1.82, 2.24) is 4.90 Å². The molecule has 4 atom stereocenters. The monoisotopic (exact) mass is 383 g/mol. The number of piperidine rings is 1. The van der Waals surface area contributed by atoms with E-state index in [1.54, 1.807) is 0 Å². The van der Waals surface area contributed by atoms with Crippen LogP contribution in [0.2, 0.25) is 0 Å². The van der Waals surface area contributed by atoms with E-state index in [-0.39, 0.29) is 28.7 Å². The summed E-state index contributed by atoms with van der Waals surface area (Å²) in [4.78, 5) is 15.9. The Kier molecular flexibility index (Phi) is 4.69. The summed E-state index contributed by atoms with van der Waals surface area (Å²) in [7, 11) is 0. The van der Waals surface area contributed by atoms with Crippen LogP contribution in [0.1, 0.15) is 77.8 Å². The highest BCUT2D eigenvalue weighted by atomic mass is 16.3. The Morgan fingerprint density at radius 2 is 1.89 bits per heavy atom. The fraction of sp³-hybridized carbons (Fsp3) is 0.720. The Labute approximate surface area is 170 Å². The van der Waals surface area contributed by atoms with E-state index in [0.29, 0.717) is 5.91 Å². The van der Waals surface area contributed by atoms with Gasteiger partial charge < -0.3 is 10.0 Å². The van der Waals surface area contributed by atoms with Crippen molar-refractivity contribution in [2.24, 2.45) is 17.3 Å². The second kappa shape index (κ2) is 6.58. The van der Waals surface area contributed by atoms with E-state index in [0.717, 1.165) is 45.1 Å². The van der Waals surface area contributed by atoms with E-state index in [4.69, 9.17) is 0 Å². The Balaban J connectivity index is 1.62. The van der Waals surface area contributed by atoms with E-state index >= 15 is 0 Å². The number of hydrogen-bond donors (Lipinski definition) is 1. The minimum atomic E-state index is -0.692. The van der Waals surface area contributed by atoms with Gasteiger partial charge in [0.25, 0.3) is 0 Å². The fourth-order valence-corrected chi connectivity index (χ4v) is 6.43. The number of rotatable bonds is 2. The zero-order chi connectivity index (χ0) is 20.3. The molecular weight excluding hydrogens is 346 g/mol. The number of hydrogen-bond acceptors (Lipinski definition) is 2. The first-order valence-electron chi connectivity index (χ1n) is 11.2. The van der Waals surface area contributed by atoms with Crippen LogP contribution in [0, 0.1) is 17.3 Å². The molecule has 1 heterocycles. The molecule has 1 amide bonds. The van der Waals surface area contributed by atoms with Crippen molar-refractivity contribution in [2.75, 3.05) is 6.54 Å². The van der Waals surface area contributed by atoms with Crippen molar-refractivity contribution in [3.05, 3.63) is 35.4 Å². The molecule has 1 aliphatic heterocycles.